The predicted molar refractivity (Wildman–Crippen MR) is 204 cm³/mol. The number of hydrogen-bond donors (Lipinski definition) is 0. The quantitative estimate of drug-likeness (QED) is 0.187. The van der Waals surface area contributed by atoms with Gasteiger partial charge in [0.1, 0.15) is 11.2 Å². The number of benzene rings is 6. The Hall–Kier alpha value is -6.07. The largest absolute Gasteiger partial charge is 0.455 e. The molecule has 0 saturated heterocycles. The third kappa shape index (κ3) is 4.80. The molecule has 0 amide bonds. The summed E-state index contributed by atoms with van der Waals surface area (Å²) in [7, 11) is 0. The zero-order valence-corrected chi connectivity index (χ0v) is 27.6. The summed E-state index contributed by atoms with van der Waals surface area (Å²) in [6.45, 7) is 0. The molecule has 0 unspecified atom stereocenters. The first kappa shape index (κ1) is 28.9. The Bertz CT molecular complexity index is 2630. The lowest BCUT2D eigenvalue weighted by Gasteiger charge is -2.25. The van der Waals surface area contributed by atoms with Crippen molar-refractivity contribution in [2.45, 2.75) is 38.1 Å². The summed E-state index contributed by atoms with van der Waals surface area (Å²) in [5.41, 5.74) is 9.62. The molecule has 3 heterocycles. The topological polar surface area (TPSA) is 56.7 Å². The summed E-state index contributed by atoms with van der Waals surface area (Å²) in [5.74, 6) is 1.98. The minimum absolute atomic E-state index is 0.463. The molecule has 1 aliphatic rings. The maximum Gasteiger partial charge on any atom is 0.164 e. The number of aromatic nitrogens is 4. The molecule has 3 aromatic heterocycles. The van der Waals surface area contributed by atoms with Gasteiger partial charge in [-0.2, -0.15) is 0 Å². The molecule has 9 aromatic rings. The fraction of sp³-hybridized carbons (Fsp3) is 0.133. The van der Waals surface area contributed by atoms with Crippen LogP contribution in [-0.4, -0.2) is 19.5 Å². The van der Waals surface area contributed by atoms with E-state index in [4.69, 9.17) is 19.4 Å². The Morgan fingerprint density at radius 1 is 0.460 bits per heavy atom. The lowest BCUT2D eigenvalue weighted by Crippen LogP contribution is -2.12. The normalized spacial score (nSPS) is 13.9. The van der Waals surface area contributed by atoms with E-state index in [1.165, 1.54) is 70.2 Å². The molecule has 240 valence electrons. The Kier molecular flexibility index (Phi) is 6.83. The van der Waals surface area contributed by atoms with Crippen LogP contribution in [0.5, 0.6) is 0 Å². The SMILES string of the molecule is c1ccc(-c2nc(-c3ccccc3)nc(-c3cccc(-c4ccc5c6c7oc8ccccc8c7ccc6n(C6CCCCC6)c5c4)c3)n2)cc1. The highest BCUT2D eigenvalue weighted by atomic mass is 16.3. The fourth-order valence-electron chi connectivity index (χ4n) is 8.00. The van der Waals surface area contributed by atoms with Crippen LogP contribution in [0.15, 0.2) is 144 Å². The molecule has 0 radical (unpaired) electrons. The van der Waals surface area contributed by atoms with Gasteiger partial charge in [0.15, 0.2) is 17.5 Å². The van der Waals surface area contributed by atoms with E-state index in [9.17, 15) is 0 Å². The van der Waals surface area contributed by atoms with Crippen LogP contribution in [-0.2, 0) is 0 Å². The van der Waals surface area contributed by atoms with E-state index in [1.807, 2.05) is 60.7 Å². The fourth-order valence-corrected chi connectivity index (χ4v) is 8.00. The smallest absolute Gasteiger partial charge is 0.164 e. The maximum absolute atomic E-state index is 6.60. The van der Waals surface area contributed by atoms with E-state index >= 15 is 0 Å². The first-order valence-corrected chi connectivity index (χ1v) is 17.6. The molecule has 0 bridgehead atoms. The molecule has 10 rings (SSSR count). The molecule has 0 spiro atoms. The van der Waals surface area contributed by atoms with E-state index in [1.54, 1.807) is 0 Å². The second-order valence-corrected chi connectivity index (χ2v) is 13.4. The van der Waals surface area contributed by atoms with Gasteiger partial charge in [0, 0.05) is 38.9 Å². The Labute approximate surface area is 289 Å². The number of para-hydroxylation sites is 1. The van der Waals surface area contributed by atoms with Crippen LogP contribution >= 0.6 is 0 Å². The van der Waals surface area contributed by atoms with Crippen molar-refractivity contribution in [2.75, 3.05) is 0 Å². The average molecular weight is 647 g/mol. The van der Waals surface area contributed by atoms with Crippen LogP contribution in [0.4, 0.5) is 0 Å². The van der Waals surface area contributed by atoms with Gasteiger partial charge in [-0.25, -0.2) is 15.0 Å². The van der Waals surface area contributed by atoms with Crippen LogP contribution in [0, 0.1) is 0 Å². The Morgan fingerprint density at radius 2 is 1.06 bits per heavy atom. The third-order valence-corrected chi connectivity index (χ3v) is 10.4. The van der Waals surface area contributed by atoms with Crippen molar-refractivity contribution in [1.82, 2.24) is 19.5 Å². The van der Waals surface area contributed by atoms with Gasteiger partial charge in [-0.3, -0.25) is 0 Å². The molecule has 50 heavy (non-hydrogen) atoms. The monoisotopic (exact) mass is 646 g/mol. The molecule has 0 N–H and O–H groups in total. The molecule has 0 aliphatic heterocycles. The first-order valence-electron chi connectivity index (χ1n) is 17.6. The molecule has 1 fully saturated rings. The second-order valence-electron chi connectivity index (χ2n) is 13.4. The van der Waals surface area contributed by atoms with E-state index in [0.29, 0.717) is 23.5 Å². The van der Waals surface area contributed by atoms with Crippen LogP contribution in [0.2, 0.25) is 0 Å². The predicted octanol–water partition coefficient (Wildman–Crippen LogP) is 12.1. The van der Waals surface area contributed by atoms with Crippen molar-refractivity contribution < 1.29 is 4.42 Å². The van der Waals surface area contributed by atoms with Gasteiger partial charge in [-0.05, 0) is 54.3 Å². The lowest BCUT2D eigenvalue weighted by molar-refractivity contribution is 0.367. The van der Waals surface area contributed by atoms with Crippen LogP contribution in [0.1, 0.15) is 38.1 Å². The standard InChI is InChI=1S/C45H34N4O/c1-4-13-29(14-5-1)43-46-44(30-15-6-2-7-16-30)48-45(47-43)33-18-12-17-31(27-33)32-23-24-37-39(28-32)49(34-19-8-3-9-20-34)38-26-25-36-35-21-10-11-22-40(35)50-42(36)41(37)38/h1-2,4-7,10-18,21-28,34H,3,8-9,19-20H2. The van der Waals surface area contributed by atoms with Crippen molar-refractivity contribution in [2.24, 2.45) is 0 Å². The summed E-state index contributed by atoms with van der Waals surface area (Å²) < 4.78 is 9.22. The summed E-state index contributed by atoms with van der Waals surface area (Å²) in [4.78, 5) is 14.9. The van der Waals surface area contributed by atoms with Crippen molar-refractivity contribution in [3.63, 3.8) is 0 Å². The van der Waals surface area contributed by atoms with Gasteiger partial charge in [0.25, 0.3) is 0 Å². The maximum atomic E-state index is 6.60. The van der Waals surface area contributed by atoms with Crippen LogP contribution in [0.3, 0.4) is 0 Å². The van der Waals surface area contributed by atoms with Crippen molar-refractivity contribution in [1.29, 1.82) is 0 Å². The highest BCUT2D eigenvalue weighted by Gasteiger charge is 2.24. The Morgan fingerprint density at radius 3 is 1.80 bits per heavy atom. The average Bonchev–Trinajstić information content (AvgIpc) is 3.74. The molecule has 6 aromatic carbocycles. The third-order valence-electron chi connectivity index (χ3n) is 10.4. The van der Waals surface area contributed by atoms with Crippen molar-refractivity contribution >= 4 is 43.7 Å². The zero-order valence-electron chi connectivity index (χ0n) is 27.6. The molecule has 5 heteroatoms. The molecule has 1 saturated carbocycles. The highest BCUT2D eigenvalue weighted by Crippen LogP contribution is 2.44. The summed E-state index contributed by atoms with van der Waals surface area (Å²) in [6, 6.07) is 49.2. The zero-order chi connectivity index (χ0) is 33.0. The molecule has 1 aliphatic carbocycles. The lowest BCUT2D eigenvalue weighted by atomic mass is 9.95. The summed E-state index contributed by atoms with van der Waals surface area (Å²) in [6.07, 6.45) is 6.24. The van der Waals surface area contributed by atoms with Gasteiger partial charge >= 0.3 is 0 Å². The molecular formula is C45H34N4O. The van der Waals surface area contributed by atoms with Crippen molar-refractivity contribution in [3.05, 3.63) is 140 Å². The molecule has 0 atom stereocenters. The number of furan rings is 1. The van der Waals surface area contributed by atoms with Gasteiger partial charge < -0.3 is 8.98 Å². The van der Waals surface area contributed by atoms with Gasteiger partial charge in [0.05, 0.1) is 16.4 Å². The molecular weight excluding hydrogens is 613 g/mol. The highest BCUT2D eigenvalue weighted by molar-refractivity contribution is 6.23. The number of nitrogens with zero attached hydrogens (tertiary/aromatic N) is 4. The summed E-state index contributed by atoms with van der Waals surface area (Å²) >= 11 is 0. The van der Waals surface area contributed by atoms with Gasteiger partial charge in [-0.15, -0.1) is 0 Å². The Balaban J connectivity index is 1.14. The van der Waals surface area contributed by atoms with Crippen LogP contribution in [0.25, 0.3) is 89.0 Å². The summed E-state index contributed by atoms with van der Waals surface area (Å²) in [5, 5.41) is 4.80. The number of hydrogen-bond acceptors (Lipinski definition) is 4. The van der Waals surface area contributed by atoms with E-state index in [0.717, 1.165) is 33.4 Å². The molecule has 5 nitrogen and oxygen atoms in total. The van der Waals surface area contributed by atoms with Crippen LogP contribution < -0.4 is 0 Å². The first-order chi connectivity index (χ1) is 24.8. The number of rotatable bonds is 5. The van der Waals surface area contributed by atoms with Gasteiger partial charge in [-0.1, -0.05) is 128 Å². The minimum Gasteiger partial charge on any atom is -0.455 e. The van der Waals surface area contributed by atoms with E-state index < -0.39 is 0 Å². The number of fused-ring (bicyclic) bond motifs is 7. The van der Waals surface area contributed by atoms with E-state index in [2.05, 4.69) is 83.4 Å². The van der Waals surface area contributed by atoms with Gasteiger partial charge in [0.2, 0.25) is 0 Å². The van der Waals surface area contributed by atoms with Crippen molar-refractivity contribution in [3.8, 4) is 45.3 Å². The minimum atomic E-state index is 0.463. The second kappa shape index (κ2) is 11.8. The van der Waals surface area contributed by atoms with E-state index in [-0.39, 0.29) is 0 Å².